The highest BCUT2D eigenvalue weighted by molar-refractivity contribution is 7.26. The van der Waals surface area contributed by atoms with Crippen molar-refractivity contribution in [2.45, 2.75) is 0 Å². The molecule has 0 aliphatic heterocycles. The predicted molar refractivity (Wildman–Crippen MR) is 193 cm³/mol. The molecule has 0 saturated carbocycles. The zero-order valence-electron chi connectivity index (χ0n) is 24.3. The van der Waals surface area contributed by atoms with E-state index in [-0.39, 0.29) is 0 Å². The second-order valence-corrected chi connectivity index (χ2v) is 12.8. The average molecular weight is 591 g/mol. The first-order chi connectivity index (χ1) is 22.4. The number of rotatable bonds is 3. The second kappa shape index (κ2) is 9.43. The molecule has 0 aliphatic rings. The third-order valence-electron chi connectivity index (χ3n) is 9.30. The Kier molecular flexibility index (Phi) is 5.19. The molecule has 0 spiro atoms. The van der Waals surface area contributed by atoms with Crippen molar-refractivity contribution in [3.8, 4) is 22.5 Å². The number of aromatic nitrogens is 2. The molecule has 45 heavy (non-hydrogen) atoms. The van der Waals surface area contributed by atoms with Crippen LogP contribution in [0.4, 0.5) is 0 Å². The third-order valence-corrected chi connectivity index (χ3v) is 10.5. The van der Waals surface area contributed by atoms with Crippen LogP contribution in [0.5, 0.6) is 0 Å². The van der Waals surface area contributed by atoms with Gasteiger partial charge >= 0.3 is 0 Å². The summed E-state index contributed by atoms with van der Waals surface area (Å²) in [5, 5.41) is 7.71. The van der Waals surface area contributed by atoms with E-state index in [2.05, 4.69) is 167 Å². The van der Waals surface area contributed by atoms with Crippen LogP contribution in [0.15, 0.2) is 158 Å². The van der Waals surface area contributed by atoms with Crippen molar-refractivity contribution < 1.29 is 0 Å². The molecular weight excluding hydrogens is 565 g/mol. The van der Waals surface area contributed by atoms with Gasteiger partial charge in [-0.05, 0) is 54.1 Å². The van der Waals surface area contributed by atoms with Crippen LogP contribution in [0, 0.1) is 0 Å². The summed E-state index contributed by atoms with van der Waals surface area (Å²) in [6, 6.07) is 57.5. The van der Waals surface area contributed by atoms with Gasteiger partial charge < -0.3 is 9.13 Å². The molecule has 3 heterocycles. The van der Waals surface area contributed by atoms with Crippen molar-refractivity contribution in [2.24, 2.45) is 0 Å². The van der Waals surface area contributed by atoms with Crippen molar-refractivity contribution in [3.63, 3.8) is 0 Å². The molecule has 2 nitrogen and oxygen atoms in total. The summed E-state index contributed by atoms with van der Waals surface area (Å²) < 4.78 is 7.58. The minimum atomic E-state index is 1.17. The Morgan fingerprint density at radius 3 is 1.67 bits per heavy atom. The number of hydrogen-bond donors (Lipinski definition) is 0. The normalized spacial score (nSPS) is 12.0. The number of benzene rings is 7. The van der Waals surface area contributed by atoms with Gasteiger partial charge in [-0.1, -0.05) is 109 Å². The molecule has 0 saturated heterocycles. The van der Waals surface area contributed by atoms with Gasteiger partial charge in [0.2, 0.25) is 0 Å². The van der Waals surface area contributed by atoms with Crippen molar-refractivity contribution >= 4 is 75.1 Å². The number of para-hydroxylation sites is 5. The molecule has 210 valence electrons. The molecular formula is C42H26N2S. The lowest BCUT2D eigenvalue weighted by atomic mass is 9.95. The lowest BCUT2D eigenvalue weighted by molar-refractivity contribution is 1.18. The number of nitrogens with zero attached hydrogens (tertiary/aromatic N) is 2. The Bertz CT molecular complexity index is 2740. The van der Waals surface area contributed by atoms with E-state index < -0.39 is 0 Å². The number of hydrogen-bond acceptors (Lipinski definition) is 1. The van der Waals surface area contributed by atoms with Crippen molar-refractivity contribution in [3.05, 3.63) is 158 Å². The largest absolute Gasteiger partial charge is 0.309 e. The molecule has 0 unspecified atom stereocenters. The topological polar surface area (TPSA) is 9.86 Å². The zero-order valence-corrected chi connectivity index (χ0v) is 25.1. The van der Waals surface area contributed by atoms with E-state index in [4.69, 9.17) is 0 Å². The first-order valence-corrected chi connectivity index (χ1v) is 16.2. The van der Waals surface area contributed by atoms with Crippen LogP contribution in [0.2, 0.25) is 0 Å². The molecule has 3 heteroatoms. The summed E-state index contributed by atoms with van der Waals surface area (Å²) in [5.41, 5.74) is 9.80. The van der Waals surface area contributed by atoms with Gasteiger partial charge in [0, 0.05) is 54.0 Å². The summed E-state index contributed by atoms with van der Waals surface area (Å²) in [6.45, 7) is 0. The SMILES string of the molecule is c1ccc(-n2c3ccccc3c3cccc(-c4cc5c6ccccc6sc5c5c4c4ccccc4n5-c4ccccc4)c32)cc1. The molecule has 0 radical (unpaired) electrons. The summed E-state index contributed by atoms with van der Waals surface area (Å²) in [5.74, 6) is 0. The molecule has 0 atom stereocenters. The van der Waals surface area contributed by atoms with Gasteiger partial charge in [-0.25, -0.2) is 0 Å². The lowest BCUT2D eigenvalue weighted by Gasteiger charge is -2.14. The van der Waals surface area contributed by atoms with Gasteiger partial charge in [-0.2, -0.15) is 0 Å². The van der Waals surface area contributed by atoms with Crippen LogP contribution in [-0.4, -0.2) is 9.13 Å². The highest BCUT2D eigenvalue weighted by atomic mass is 32.1. The quantitative estimate of drug-likeness (QED) is 0.194. The second-order valence-electron chi connectivity index (χ2n) is 11.7. The summed E-state index contributed by atoms with van der Waals surface area (Å²) in [4.78, 5) is 0. The van der Waals surface area contributed by atoms with E-state index in [1.807, 2.05) is 11.3 Å². The zero-order chi connectivity index (χ0) is 29.5. The molecule has 0 bridgehead atoms. The monoisotopic (exact) mass is 590 g/mol. The van der Waals surface area contributed by atoms with E-state index in [0.29, 0.717) is 0 Å². The van der Waals surface area contributed by atoms with E-state index >= 15 is 0 Å². The minimum absolute atomic E-state index is 1.17. The van der Waals surface area contributed by atoms with Gasteiger partial charge in [-0.3, -0.25) is 0 Å². The van der Waals surface area contributed by atoms with Crippen molar-refractivity contribution in [1.82, 2.24) is 9.13 Å². The Labute approximate surface area is 263 Å². The molecule has 3 aromatic heterocycles. The van der Waals surface area contributed by atoms with Crippen LogP contribution in [0.1, 0.15) is 0 Å². The Balaban J connectivity index is 1.47. The third kappa shape index (κ3) is 3.44. The van der Waals surface area contributed by atoms with Gasteiger partial charge in [0.05, 0.1) is 26.8 Å². The summed E-state index contributed by atoms with van der Waals surface area (Å²) in [7, 11) is 0. The maximum Gasteiger partial charge on any atom is 0.0726 e. The highest BCUT2D eigenvalue weighted by Gasteiger charge is 2.24. The van der Waals surface area contributed by atoms with Crippen LogP contribution in [-0.2, 0) is 0 Å². The lowest BCUT2D eigenvalue weighted by Crippen LogP contribution is -1.96. The molecule has 7 aromatic carbocycles. The van der Waals surface area contributed by atoms with E-state index in [0.717, 1.165) is 0 Å². The molecule has 10 rings (SSSR count). The molecule has 0 amide bonds. The smallest absolute Gasteiger partial charge is 0.0726 e. The van der Waals surface area contributed by atoms with Gasteiger partial charge in [0.25, 0.3) is 0 Å². The van der Waals surface area contributed by atoms with Crippen molar-refractivity contribution in [2.75, 3.05) is 0 Å². The predicted octanol–water partition coefficient (Wildman–Crippen LogP) is 11.9. The maximum atomic E-state index is 2.48. The maximum absolute atomic E-state index is 2.48. The van der Waals surface area contributed by atoms with Crippen molar-refractivity contribution in [1.29, 1.82) is 0 Å². The van der Waals surface area contributed by atoms with E-state index in [9.17, 15) is 0 Å². The van der Waals surface area contributed by atoms with Crippen LogP contribution in [0.25, 0.3) is 86.3 Å². The average Bonchev–Trinajstić information content (AvgIpc) is 3.77. The Morgan fingerprint density at radius 2 is 0.933 bits per heavy atom. The fourth-order valence-corrected chi connectivity index (χ4v) is 8.69. The molecule has 0 fully saturated rings. The highest BCUT2D eigenvalue weighted by Crippen LogP contribution is 2.49. The van der Waals surface area contributed by atoms with E-state index in [1.165, 1.54) is 86.3 Å². The Hall–Kier alpha value is -5.64. The summed E-state index contributed by atoms with van der Waals surface area (Å²) >= 11 is 1.90. The molecule has 0 N–H and O–H groups in total. The fraction of sp³-hybridized carbons (Fsp3) is 0. The fourth-order valence-electron chi connectivity index (χ4n) is 7.47. The van der Waals surface area contributed by atoms with Crippen LogP contribution < -0.4 is 0 Å². The van der Waals surface area contributed by atoms with Crippen LogP contribution >= 0.6 is 11.3 Å². The molecule has 10 aromatic rings. The van der Waals surface area contributed by atoms with E-state index in [1.54, 1.807) is 0 Å². The van der Waals surface area contributed by atoms with Gasteiger partial charge in [0.15, 0.2) is 0 Å². The number of thiophene rings is 1. The summed E-state index contributed by atoms with van der Waals surface area (Å²) in [6.07, 6.45) is 0. The first kappa shape index (κ1) is 24.8. The Morgan fingerprint density at radius 1 is 0.378 bits per heavy atom. The number of fused-ring (bicyclic) bond motifs is 10. The van der Waals surface area contributed by atoms with Crippen LogP contribution in [0.3, 0.4) is 0 Å². The minimum Gasteiger partial charge on any atom is -0.309 e. The molecule has 0 aliphatic carbocycles. The van der Waals surface area contributed by atoms with Gasteiger partial charge in [0.1, 0.15) is 0 Å². The van der Waals surface area contributed by atoms with Gasteiger partial charge in [-0.15, -0.1) is 11.3 Å². The first-order valence-electron chi connectivity index (χ1n) is 15.4. The standard InChI is InChI=1S/C42H26N2S/c1-3-14-27(15-4-1)43-36-23-10-7-18-29(36)31-21-13-22-32(40(31)43)34-26-35-30-19-9-12-25-38(30)45-42(35)41-39(34)33-20-8-11-24-37(33)44(41)28-16-5-2-6-17-28/h1-26H.